The molecule has 0 amide bonds. The van der Waals surface area contributed by atoms with E-state index in [1.165, 1.54) is 148 Å². The van der Waals surface area contributed by atoms with E-state index in [-0.39, 0.29) is 5.92 Å². The van der Waals surface area contributed by atoms with Crippen molar-refractivity contribution in [3.63, 3.8) is 0 Å². The molecular weight excluding hydrogens is 428 g/mol. The quantitative estimate of drug-likeness (QED) is 0.0832. The molecule has 0 spiro atoms. The molecule has 0 aromatic rings. The van der Waals surface area contributed by atoms with Crippen molar-refractivity contribution in [2.45, 2.75) is 187 Å². The molecule has 0 aromatic heterocycles. The Labute approximate surface area is 221 Å². The van der Waals surface area contributed by atoms with Crippen LogP contribution in [-0.2, 0) is 4.79 Å². The summed E-state index contributed by atoms with van der Waals surface area (Å²) in [6.45, 7) is 4.54. The van der Waals surface area contributed by atoms with Crippen LogP contribution in [-0.4, -0.2) is 11.1 Å². The van der Waals surface area contributed by atoms with Crippen LogP contribution >= 0.6 is 0 Å². The largest absolute Gasteiger partial charge is 0.481 e. The Morgan fingerprint density at radius 1 is 0.486 bits per heavy atom. The number of carboxylic acid groups (broad SMARTS) is 1. The maximum Gasteiger partial charge on any atom is 0.306 e. The predicted octanol–water partition coefficient (Wildman–Crippen LogP) is 11.8. The lowest BCUT2D eigenvalue weighted by atomic mass is 9.94. The molecule has 0 rings (SSSR count). The molecule has 0 saturated carbocycles. The molecule has 0 aliphatic carbocycles. The summed E-state index contributed by atoms with van der Waals surface area (Å²) in [4.78, 5) is 11.6. The van der Waals surface area contributed by atoms with Crippen LogP contribution in [0.2, 0.25) is 0 Å². The number of hydrogen-bond acceptors (Lipinski definition) is 1. The van der Waals surface area contributed by atoms with Crippen molar-refractivity contribution in [1.82, 2.24) is 0 Å². The van der Waals surface area contributed by atoms with Crippen LogP contribution in [0, 0.1) is 5.92 Å². The lowest BCUT2D eigenvalue weighted by Gasteiger charge is -2.12. The third-order valence-electron chi connectivity index (χ3n) is 7.57. The van der Waals surface area contributed by atoms with Crippen molar-refractivity contribution in [3.8, 4) is 0 Å². The SMILES string of the molecule is CCCCCCC=CCCCCCCCC(CCCCCCCCCCCCCCCC)C(=O)O. The standard InChI is InChI=1S/C33H64O2/c1-3-5-7-9-11-13-15-17-19-21-23-25-27-29-31-32(33(34)35)30-28-26-24-22-20-18-16-14-12-10-8-6-4-2/h14,16,32H,3-13,15,17-31H2,1-2H3,(H,34,35). The van der Waals surface area contributed by atoms with Crippen molar-refractivity contribution >= 4 is 5.97 Å². The smallest absolute Gasteiger partial charge is 0.306 e. The van der Waals surface area contributed by atoms with E-state index < -0.39 is 5.97 Å². The van der Waals surface area contributed by atoms with Gasteiger partial charge in [0.25, 0.3) is 0 Å². The topological polar surface area (TPSA) is 37.3 Å². The fourth-order valence-electron chi connectivity index (χ4n) is 5.08. The van der Waals surface area contributed by atoms with Crippen LogP contribution in [0.15, 0.2) is 12.2 Å². The number of unbranched alkanes of at least 4 members (excludes halogenated alkanes) is 22. The number of hydrogen-bond donors (Lipinski definition) is 1. The zero-order valence-corrected chi connectivity index (χ0v) is 24.2. The minimum Gasteiger partial charge on any atom is -0.481 e. The highest BCUT2D eigenvalue weighted by atomic mass is 16.4. The second-order valence-corrected chi connectivity index (χ2v) is 11.1. The van der Waals surface area contributed by atoms with Crippen LogP contribution in [0.3, 0.4) is 0 Å². The molecular formula is C33H64O2. The van der Waals surface area contributed by atoms with Gasteiger partial charge in [-0.05, 0) is 38.5 Å². The van der Waals surface area contributed by atoms with Crippen molar-refractivity contribution in [2.75, 3.05) is 0 Å². The van der Waals surface area contributed by atoms with E-state index >= 15 is 0 Å². The zero-order valence-electron chi connectivity index (χ0n) is 24.2. The molecule has 0 aliphatic heterocycles. The van der Waals surface area contributed by atoms with Crippen molar-refractivity contribution < 1.29 is 9.90 Å². The molecule has 2 nitrogen and oxygen atoms in total. The average molecular weight is 493 g/mol. The first-order valence-electron chi connectivity index (χ1n) is 16.1. The Balaban J connectivity index is 3.45. The van der Waals surface area contributed by atoms with Gasteiger partial charge < -0.3 is 5.11 Å². The highest BCUT2D eigenvalue weighted by molar-refractivity contribution is 5.69. The Bertz CT molecular complexity index is 442. The van der Waals surface area contributed by atoms with Gasteiger partial charge in [0, 0.05) is 0 Å². The third kappa shape index (κ3) is 27.6. The van der Waals surface area contributed by atoms with Gasteiger partial charge in [0.2, 0.25) is 0 Å². The second-order valence-electron chi connectivity index (χ2n) is 11.1. The van der Waals surface area contributed by atoms with Crippen molar-refractivity contribution in [3.05, 3.63) is 12.2 Å². The van der Waals surface area contributed by atoms with Gasteiger partial charge in [0.1, 0.15) is 0 Å². The van der Waals surface area contributed by atoms with Gasteiger partial charge in [-0.15, -0.1) is 0 Å². The van der Waals surface area contributed by atoms with E-state index in [2.05, 4.69) is 26.0 Å². The molecule has 1 atom stereocenters. The molecule has 0 fully saturated rings. The summed E-state index contributed by atoms with van der Waals surface area (Å²) in [6, 6.07) is 0. The highest BCUT2D eigenvalue weighted by Crippen LogP contribution is 2.20. The normalized spacial score (nSPS) is 12.5. The highest BCUT2D eigenvalue weighted by Gasteiger charge is 2.16. The first kappa shape index (κ1) is 34.2. The molecule has 0 aromatic carbocycles. The number of aliphatic carboxylic acids is 1. The maximum absolute atomic E-state index is 11.6. The van der Waals surface area contributed by atoms with E-state index in [1.807, 2.05) is 0 Å². The lowest BCUT2D eigenvalue weighted by Crippen LogP contribution is -2.13. The zero-order chi connectivity index (χ0) is 25.7. The molecule has 0 aliphatic rings. The van der Waals surface area contributed by atoms with Gasteiger partial charge in [0.05, 0.1) is 5.92 Å². The van der Waals surface area contributed by atoms with Crippen LogP contribution in [0.5, 0.6) is 0 Å². The Kier molecular flexibility index (Phi) is 28.8. The van der Waals surface area contributed by atoms with E-state index in [4.69, 9.17) is 0 Å². The van der Waals surface area contributed by atoms with Crippen LogP contribution in [0.25, 0.3) is 0 Å². The van der Waals surface area contributed by atoms with E-state index in [0.717, 1.165) is 25.7 Å². The van der Waals surface area contributed by atoms with Crippen LogP contribution in [0.1, 0.15) is 187 Å². The Morgan fingerprint density at radius 2 is 0.771 bits per heavy atom. The van der Waals surface area contributed by atoms with Gasteiger partial charge in [0.15, 0.2) is 0 Å². The second kappa shape index (κ2) is 29.4. The molecule has 35 heavy (non-hydrogen) atoms. The molecule has 208 valence electrons. The minimum absolute atomic E-state index is 0.108. The van der Waals surface area contributed by atoms with Crippen molar-refractivity contribution in [2.24, 2.45) is 5.92 Å². The number of carbonyl (C=O) groups is 1. The molecule has 0 bridgehead atoms. The summed E-state index contributed by atoms with van der Waals surface area (Å²) in [5.74, 6) is -0.674. The molecule has 1 unspecified atom stereocenters. The summed E-state index contributed by atoms with van der Waals surface area (Å²) in [6.07, 6.45) is 39.5. The van der Waals surface area contributed by atoms with E-state index in [1.54, 1.807) is 0 Å². The van der Waals surface area contributed by atoms with Crippen LogP contribution in [0.4, 0.5) is 0 Å². The van der Waals surface area contributed by atoms with Gasteiger partial charge in [-0.1, -0.05) is 161 Å². The van der Waals surface area contributed by atoms with Gasteiger partial charge in [-0.2, -0.15) is 0 Å². The van der Waals surface area contributed by atoms with E-state index in [0.29, 0.717) is 0 Å². The van der Waals surface area contributed by atoms with Crippen LogP contribution < -0.4 is 0 Å². The number of allylic oxidation sites excluding steroid dienone is 2. The van der Waals surface area contributed by atoms with Gasteiger partial charge >= 0.3 is 5.97 Å². The fraction of sp³-hybridized carbons (Fsp3) is 0.909. The minimum atomic E-state index is -0.566. The summed E-state index contributed by atoms with van der Waals surface area (Å²) in [7, 11) is 0. The maximum atomic E-state index is 11.6. The van der Waals surface area contributed by atoms with Gasteiger partial charge in [-0.3, -0.25) is 4.79 Å². The summed E-state index contributed by atoms with van der Waals surface area (Å²) < 4.78 is 0. The van der Waals surface area contributed by atoms with Crippen molar-refractivity contribution in [1.29, 1.82) is 0 Å². The van der Waals surface area contributed by atoms with Gasteiger partial charge in [-0.25, -0.2) is 0 Å². The Hall–Kier alpha value is -0.790. The Morgan fingerprint density at radius 3 is 1.11 bits per heavy atom. The molecule has 0 heterocycles. The number of carboxylic acids is 1. The molecule has 0 saturated heterocycles. The summed E-state index contributed by atoms with van der Waals surface area (Å²) in [5, 5.41) is 9.56. The lowest BCUT2D eigenvalue weighted by molar-refractivity contribution is -0.142. The van der Waals surface area contributed by atoms with E-state index in [9.17, 15) is 9.90 Å². The average Bonchev–Trinajstić information content (AvgIpc) is 2.85. The predicted molar refractivity (Wildman–Crippen MR) is 156 cm³/mol. The number of rotatable bonds is 29. The first-order chi connectivity index (χ1) is 17.2. The monoisotopic (exact) mass is 492 g/mol. The third-order valence-corrected chi connectivity index (χ3v) is 7.57. The fourth-order valence-corrected chi connectivity index (χ4v) is 5.08. The molecule has 1 N–H and O–H groups in total. The first-order valence-corrected chi connectivity index (χ1v) is 16.1. The molecule has 2 heteroatoms. The summed E-state index contributed by atoms with van der Waals surface area (Å²) >= 11 is 0. The molecule has 0 radical (unpaired) electrons. The summed E-state index contributed by atoms with van der Waals surface area (Å²) in [5.41, 5.74) is 0.